The lowest BCUT2D eigenvalue weighted by molar-refractivity contribution is -0.113. The van der Waals surface area contributed by atoms with Crippen LogP contribution < -0.4 is 5.32 Å². The van der Waals surface area contributed by atoms with Crippen LogP contribution in [0.5, 0.6) is 0 Å². The number of anilines is 1. The smallest absolute Gasteiger partial charge is 0.234 e. The normalized spacial score (nSPS) is 10.7. The van der Waals surface area contributed by atoms with Crippen molar-refractivity contribution >= 4 is 39.3 Å². The number of hydrogen-bond donors (Lipinski definition) is 1. The molecular weight excluding hydrogens is 438 g/mol. The first-order valence-electron chi connectivity index (χ1n) is 8.61. The number of hydrogen-bond acceptors (Lipinski definition) is 5. The summed E-state index contributed by atoms with van der Waals surface area (Å²) in [6, 6.07) is 9.57. The average Bonchev–Trinajstić information content (AvgIpc) is 3.05. The quantitative estimate of drug-likeness (QED) is 0.410. The largest absolute Gasteiger partial charge is 0.324 e. The molecule has 0 bridgehead atoms. The number of benzene rings is 1. The summed E-state index contributed by atoms with van der Waals surface area (Å²) in [5.41, 5.74) is 3.77. The van der Waals surface area contributed by atoms with E-state index in [2.05, 4.69) is 43.0 Å². The molecule has 0 aliphatic rings. The van der Waals surface area contributed by atoms with Crippen molar-refractivity contribution in [3.63, 3.8) is 0 Å². The van der Waals surface area contributed by atoms with Crippen molar-refractivity contribution in [2.24, 2.45) is 0 Å². The molecule has 6 nitrogen and oxygen atoms in total. The van der Waals surface area contributed by atoms with E-state index in [9.17, 15) is 4.79 Å². The Morgan fingerprint density at radius 3 is 2.68 bits per heavy atom. The summed E-state index contributed by atoms with van der Waals surface area (Å²) in [6.45, 7) is 8.52. The Labute approximate surface area is 176 Å². The van der Waals surface area contributed by atoms with Crippen molar-refractivity contribution in [3.05, 3.63) is 64.9 Å². The molecule has 0 spiro atoms. The van der Waals surface area contributed by atoms with Gasteiger partial charge in [-0.3, -0.25) is 14.3 Å². The summed E-state index contributed by atoms with van der Waals surface area (Å²) in [5.74, 6) is 0.852. The SMILES string of the molecule is C=C(C)Cn1c(SCC(=O)Nc2ccc(C)cc2Br)nnc1-c1ccncc1. The maximum Gasteiger partial charge on any atom is 0.234 e. The van der Waals surface area contributed by atoms with E-state index >= 15 is 0 Å². The van der Waals surface area contributed by atoms with E-state index in [1.54, 1.807) is 12.4 Å². The number of pyridine rings is 1. The minimum atomic E-state index is -0.107. The fourth-order valence-electron chi connectivity index (χ4n) is 2.56. The number of halogens is 1. The molecule has 144 valence electrons. The van der Waals surface area contributed by atoms with E-state index in [-0.39, 0.29) is 11.7 Å². The van der Waals surface area contributed by atoms with Gasteiger partial charge in [-0.1, -0.05) is 30.0 Å². The third kappa shape index (κ3) is 5.08. The van der Waals surface area contributed by atoms with Crippen molar-refractivity contribution in [2.45, 2.75) is 25.5 Å². The monoisotopic (exact) mass is 457 g/mol. The van der Waals surface area contributed by atoms with Crippen molar-refractivity contribution in [1.29, 1.82) is 0 Å². The molecule has 2 aromatic heterocycles. The number of thioether (sulfide) groups is 1. The molecule has 0 unspecified atom stereocenters. The summed E-state index contributed by atoms with van der Waals surface area (Å²) in [5, 5.41) is 12.2. The van der Waals surface area contributed by atoms with Gasteiger partial charge in [-0.05, 0) is 59.6 Å². The second kappa shape index (κ2) is 9.16. The van der Waals surface area contributed by atoms with Gasteiger partial charge in [-0.2, -0.15) is 0 Å². The molecule has 1 amide bonds. The third-order valence-electron chi connectivity index (χ3n) is 3.81. The highest BCUT2D eigenvalue weighted by molar-refractivity contribution is 9.10. The van der Waals surface area contributed by atoms with E-state index in [1.165, 1.54) is 11.8 Å². The molecule has 0 aliphatic carbocycles. The summed E-state index contributed by atoms with van der Waals surface area (Å²) in [7, 11) is 0. The van der Waals surface area contributed by atoms with Crippen LogP contribution in [0.25, 0.3) is 11.4 Å². The summed E-state index contributed by atoms with van der Waals surface area (Å²) in [6.07, 6.45) is 3.43. The molecule has 3 rings (SSSR count). The van der Waals surface area contributed by atoms with Crippen LogP contribution >= 0.6 is 27.7 Å². The molecule has 8 heteroatoms. The minimum absolute atomic E-state index is 0.107. The zero-order valence-corrected chi connectivity index (χ0v) is 18.0. The Bertz CT molecular complexity index is 1000. The van der Waals surface area contributed by atoms with Crippen molar-refractivity contribution in [3.8, 4) is 11.4 Å². The number of carbonyl (C=O) groups excluding carboxylic acids is 1. The van der Waals surface area contributed by atoms with E-state index in [0.717, 1.165) is 32.7 Å². The molecule has 0 radical (unpaired) electrons. The first kappa shape index (κ1) is 20.3. The van der Waals surface area contributed by atoms with Gasteiger partial charge in [0, 0.05) is 29.0 Å². The maximum atomic E-state index is 12.4. The number of aromatic nitrogens is 4. The first-order chi connectivity index (χ1) is 13.4. The van der Waals surface area contributed by atoms with Gasteiger partial charge in [-0.25, -0.2) is 0 Å². The van der Waals surface area contributed by atoms with Gasteiger partial charge < -0.3 is 5.32 Å². The zero-order valence-electron chi connectivity index (χ0n) is 15.6. The molecule has 0 saturated heterocycles. The second-order valence-corrected chi connectivity index (χ2v) is 8.20. The number of nitrogens with zero attached hydrogens (tertiary/aromatic N) is 4. The van der Waals surface area contributed by atoms with Gasteiger partial charge in [0.15, 0.2) is 11.0 Å². The number of aryl methyl sites for hydroxylation is 1. The van der Waals surface area contributed by atoms with Crippen LogP contribution in [0, 0.1) is 6.92 Å². The highest BCUT2D eigenvalue weighted by atomic mass is 79.9. The van der Waals surface area contributed by atoms with Crippen LogP contribution in [0.3, 0.4) is 0 Å². The Morgan fingerprint density at radius 1 is 1.25 bits per heavy atom. The van der Waals surface area contributed by atoms with E-state index in [4.69, 9.17) is 0 Å². The lowest BCUT2D eigenvalue weighted by Crippen LogP contribution is -2.15. The van der Waals surface area contributed by atoms with E-state index in [1.807, 2.05) is 48.7 Å². The Balaban J connectivity index is 1.74. The molecular formula is C20H20BrN5OS. The predicted molar refractivity (Wildman–Crippen MR) is 116 cm³/mol. The molecule has 3 aromatic rings. The zero-order chi connectivity index (χ0) is 20.1. The molecule has 0 fully saturated rings. The number of nitrogens with one attached hydrogen (secondary N) is 1. The Kier molecular flexibility index (Phi) is 6.64. The summed E-state index contributed by atoms with van der Waals surface area (Å²) < 4.78 is 2.83. The standard InChI is InChI=1S/C20H20BrN5OS/c1-13(2)11-26-19(15-6-8-22-9-7-15)24-25-20(26)28-12-18(27)23-17-5-4-14(3)10-16(17)21/h4-10H,1,11-12H2,2-3H3,(H,23,27). The fraction of sp³-hybridized carbons (Fsp3) is 0.200. The Morgan fingerprint density at radius 2 is 2.00 bits per heavy atom. The van der Waals surface area contributed by atoms with Gasteiger partial charge in [0.05, 0.1) is 11.4 Å². The van der Waals surface area contributed by atoms with E-state index in [0.29, 0.717) is 11.7 Å². The predicted octanol–water partition coefficient (Wildman–Crippen LogP) is 4.72. The third-order valence-corrected chi connectivity index (χ3v) is 5.44. The van der Waals surface area contributed by atoms with Gasteiger partial charge >= 0.3 is 0 Å². The lowest BCUT2D eigenvalue weighted by atomic mass is 10.2. The molecule has 0 saturated carbocycles. The second-order valence-electron chi connectivity index (χ2n) is 6.41. The molecule has 1 aromatic carbocycles. The van der Waals surface area contributed by atoms with Gasteiger partial charge in [0.2, 0.25) is 5.91 Å². The minimum Gasteiger partial charge on any atom is -0.324 e. The van der Waals surface area contributed by atoms with Crippen LogP contribution in [0.4, 0.5) is 5.69 Å². The first-order valence-corrected chi connectivity index (χ1v) is 10.4. The van der Waals surface area contributed by atoms with Gasteiger partial charge in [-0.15, -0.1) is 10.2 Å². The molecule has 28 heavy (non-hydrogen) atoms. The highest BCUT2D eigenvalue weighted by Gasteiger charge is 2.16. The van der Waals surface area contributed by atoms with Gasteiger partial charge in [0.25, 0.3) is 0 Å². The highest BCUT2D eigenvalue weighted by Crippen LogP contribution is 2.26. The summed E-state index contributed by atoms with van der Waals surface area (Å²) in [4.78, 5) is 16.4. The molecule has 0 atom stereocenters. The fourth-order valence-corrected chi connectivity index (χ4v) is 3.89. The van der Waals surface area contributed by atoms with Gasteiger partial charge in [0.1, 0.15) is 0 Å². The summed E-state index contributed by atoms with van der Waals surface area (Å²) >= 11 is 4.82. The van der Waals surface area contributed by atoms with Crippen LogP contribution in [-0.2, 0) is 11.3 Å². The van der Waals surface area contributed by atoms with Crippen LogP contribution in [0.2, 0.25) is 0 Å². The van der Waals surface area contributed by atoms with Crippen molar-refractivity contribution in [1.82, 2.24) is 19.7 Å². The topological polar surface area (TPSA) is 72.7 Å². The number of carbonyl (C=O) groups is 1. The van der Waals surface area contributed by atoms with Crippen molar-refractivity contribution < 1.29 is 4.79 Å². The molecule has 2 heterocycles. The maximum absolute atomic E-state index is 12.4. The lowest BCUT2D eigenvalue weighted by Gasteiger charge is -2.11. The van der Waals surface area contributed by atoms with Crippen LogP contribution in [-0.4, -0.2) is 31.4 Å². The number of allylic oxidation sites excluding steroid dienone is 1. The molecule has 0 aliphatic heterocycles. The Hall–Kier alpha value is -2.45. The average molecular weight is 458 g/mol. The van der Waals surface area contributed by atoms with E-state index < -0.39 is 0 Å². The number of amides is 1. The molecule has 1 N–H and O–H groups in total. The van der Waals surface area contributed by atoms with Crippen LogP contribution in [0.1, 0.15) is 12.5 Å². The number of rotatable bonds is 7. The van der Waals surface area contributed by atoms with Crippen molar-refractivity contribution in [2.75, 3.05) is 11.1 Å². The van der Waals surface area contributed by atoms with Crippen LogP contribution in [0.15, 0.2) is 64.5 Å².